The summed E-state index contributed by atoms with van der Waals surface area (Å²) in [5, 5.41) is 3.36. The first kappa shape index (κ1) is 15.1. The van der Waals surface area contributed by atoms with E-state index in [4.69, 9.17) is 0 Å². The number of nitrogens with zero attached hydrogens (tertiary/aromatic N) is 1. The maximum Gasteiger partial charge on any atom is 0.142 e. The van der Waals surface area contributed by atoms with Crippen LogP contribution in [0.2, 0.25) is 0 Å². The number of nitrogens with one attached hydrogen (secondary N) is 1. The van der Waals surface area contributed by atoms with Gasteiger partial charge >= 0.3 is 0 Å². The van der Waals surface area contributed by atoms with Gasteiger partial charge in [0.25, 0.3) is 0 Å². The van der Waals surface area contributed by atoms with Crippen LogP contribution in [0.3, 0.4) is 0 Å². The molecule has 1 aromatic heterocycles. The predicted molar refractivity (Wildman–Crippen MR) is 83.2 cm³/mol. The highest BCUT2D eigenvalue weighted by atomic mass is 79.9. The van der Waals surface area contributed by atoms with E-state index in [-0.39, 0.29) is 17.8 Å². The maximum atomic E-state index is 14.3. The summed E-state index contributed by atoms with van der Waals surface area (Å²) in [4.78, 5) is 4.39. The van der Waals surface area contributed by atoms with Crippen LogP contribution in [0.5, 0.6) is 0 Å². The van der Waals surface area contributed by atoms with Crippen LogP contribution in [0.4, 0.5) is 4.39 Å². The molecule has 0 bridgehead atoms. The number of aromatic nitrogens is 1. The molecule has 20 heavy (non-hydrogen) atoms. The van der Waals surface area contributed by atoms with Crippen molar-refractivity contribution < 1.29 is 4.39 Å². The number of hydrogen-bond donors (Lipinski definition) is 1. The molecule has 4 heteroatoms. The Bertz CT molecular complexity index is 560. The van der Waals surface area contributed by atoms with E-state index in [9.17, 15) is 4.39 Å². The molecular formula is C16H18BrFN2. The van der Waals surface area contributed by atoms with Gasteiger partial charge in [0.2, 0.25) is 0 Å². The highest BCUT2D eigenvalue weighted by Gasteiger charge is 2.24. The molecule has 2 rings (SSSR count). The van der Waals surface area contributed by atoms with Crippen LogP contribution in [-0.4, -0.2) is 11.5 Å². The van der Waals surface area contributed by atoms with E-state index in [1.165, 1.54) is 0 Å². The molecular weight excluding hydrogens is 319 g/mol. The fourth-order valence-electron chi connectivity index (χ4n) is 2.35. The molecule has 0 spiro atoms. The second-order valence-corrected chi connectivity index (χ2v) is 5.58. The smallest absolute Gasteiger partial charge is 0.142 e. The van der Waals surface area contributed by atoms with Gasteiger partial charge in [-0.2, -0.15) is 0 Å². The molecule has 0 aliphatic rings. The summed E-state index contributed by atoms with van der Waals surface area (Å²) in [6.07, 6.45) is 1.77. The molecule has 1 heterocycles. The quantitative estimate of drug-likeness (QED) is 0.873. The molecule has 0 amide bonds. The van der Waals surface area contributed by atoms with Crippen molar-refractivity contribution in [1.82, 2.24) is 10.3 Å². The lowest BCUT2D eigenvalue weighted by atomic mass is 9.91. The van der Waals surface area contributed by atoms with Crippen molar-refractivity contribution in [2.24, 2.45) is 0 Å². The molecule has 0 aliphatic carbocycles. The zero-order chi connectivity index (χ0) is 14.5. The zero-order valence-corrected chi connectivity index (χ0v) is 13.2. The van der Waals surface area contributed by atoms with Crippen LogP contribution >= 0.6 is 15.9 Å². The van der Waals surface area contributed by atoms with Crippen LogP contribution < -0.4 is 5.32 Å². The van der Waals surface area contributed by atoms with Crippen molar-refractivity contribution in [1.29, 1.82) is 0 Å². The lowest BCUT2D eigenvalue weighted by Gasteiger charge is -2.25. The molecule has 2 nitrogen and oxygen atoms in total. The molecule has 1 N–H and O–H groups in total. The monoisotopic (exact) mass is 336 g/mol. The zero-order valence-electron chi connectivity index (χ0n) is 11.6. The lowest BCUT2D eigenvalue weighted by Crippen LogP contribution is -2.27. The van der Waals surface area contributed by atoms with E-state index >= 15 is 0 Å². The van der Waals surface area contributed by atoms with Gasteiger partial charge in [0, 0.05) is 29.4 Å². The highest BCUT2D eigenvalue weighted by molar-refractivity contribution is 9.10. The largest absolute Gasteiger partial charge is 0.310 e. The summed E-state index contributed by atoms with van der Waals surface area (Å²) in [5.41, 5.74) is 1.62. The first-order valence-electron chi connectivity index (χ1n) is 6.73. The number of hydrogen-bond acceptors (Lipinski definition) is 2. The summed E-state index contributed by atoms with van der Waals surface area (Å²) in [6.45, 7) is 4.86. The van der Waals surface area contributed by atoms with Crippen LogP contribution in [0.15, 0.2) is 47.1 Å². The van der Waals surface area contributed by atoms with Crippen molar-refractivity contribution >= 4 is 15.9 Å². The molecule has 1 aromatic carbocycles. The minimum Gasteiger partial charge on any atom is -0.310 e. The molecule has 0 saturated carbocycles. The molecule has 106 valence electrons. The fraction of sp³-hybridized carbons (Fsp3) is 0.312. The van der Waals surface area contributed by atoms with E-state index in [1.807, 2.05) is 37.3 Å². The topological polar surface area (TPSA) is 24.9 Å². The Morgan fingerprint density at radius 3 is 2.70 bits per heavy atom. The summed E-state index contributed by atoms with van der Waals surface area (Å²) in [7, 11) is 0. The predicted octanol–water partition coefficient (Wildman–Crippen LogP) is 4.44. The van der Waals surface area contributed by atoms with Gasteiger partial charge in [0.1, 0.15) is 5.82 Å². The molecule has 2 unspecified atom stereocenters. The molecule has 0 radical (unpaired) electrons. The summed E-state index contributed by atoms with van der Waals surface area (Å²) in [5.74, 6) is -0.124. The van der Waals surface area contributed by atoms with Crippen LogP contribution in [0.1, 0.15) is 37.1 Å². The minimum absolute atomic E-state index is 0.0833. The van der Waals surface area contributed by atoms with E-state index in [0.717, 1.165) is 12.2 Å². The van der Waals surface area contributed by atoms with Crippen molar-refractivity contribution in [3.05, 3.63) is 64.1 Å². The Labute approximate surface area is 127 Å². The van der Waals surface area contributed by atoms with Crippen molar-refractivity contribution in [2.75, 3.05) is 6.54 Å². The first-order chi connectivity index (χ1) is 9.65. The van der Waals surface area contributed by atoms with Gasteiger partial charge in [0.15, 0.2) is 0 Å². The first-order valence-corrected chi connectivity index (χ1v) is 7.52. The van der Waals surface area contributed by atoms with Gasteiger partial charge in [0.05, 0.1) is 4.47 Å². The Kier molecular flexibility index (Phi) is 5.26. The van der Waals surface area contributed by atoms with Gasteiger partial charge in [-0.1, -0.05) is 32.0 Å². The number of halogens is 2. The van der Waals surface area contributed by atoms with Crippen LogP contribution in [-0.2, 0) is 0 Å². The van der Waals surface area contributed by atoms with Crippen molar-refractivity contribution in [2.45, 2.75) is 25.8 Å². The van der Waals surface area contributed by atoms with E-state index in [0.29, 0.717) is 10.0 Å². The Balaban J connectivity index is 2.38. The highest BCUT2D eigenvalue weighted by Crippen LogP contribution is 2.33. The average Bonchev–Trinajstić information content (AvgIpc) is 2.48. The average molecular weight is 337 g/mol. The van der Waals surface area contributed by atoms with Crippen molar-refractivity contribution in [3.63, 3.8) is 0 Å². The number of likely N-dealkylation sites (N-methyl/N-ethyl adjacent to an activating group) is 1. The molecule has 2 atom stereocenters. The van der Waals surface area contributed by atoms with Gasteiger partial charge in [-0.3, -0.25) is 4.98 Å². The lowest BCUT2D eigenvalue weighted by molar-refractivity contribution is 0.449. The number of benzene rings is 1. The fourth-order valence-corrected chi connectivity index (χ4v) is 2.73. The SMILES string of the molecule is CCNC(c1cccc(Br)c1F)C(C)c1ccccn1. The summed E-state index contributed by atoms with van der Waals surface area (Å²) < 4.78 is 14.8. The van der Waals surface area contributed by atoms with E-state index in [1.54, 1.807) is 12.3 Å². The molecule has 0 aliphatic heterocycles. The second-order valence-electron chi connectivity index (χ2n) is 4.72. The van der Waals surface area contributed by atoms with E-state index < -0.39 is 0 Å². The third-order valence-electron chi connectivity index (χ3n) is 3.39. The maximum absolute atomic E-state index is 14.3. The standard InChI is InChI=1S/C16H18BrFN2/c1-3-19-16(11(2)14-9-4-5-10-20-14)12-7-6-8-13(17)15(12)18/h4-11,16,19H,3H2,1-2H3. The van der Waals surface area contributed by atoms with Gasteiger partial charge in [-0.15, -0.1) is 0 Å². The van der Waals surface area contributed by atoms with Gasteiger partial charge in [-0.05, 0) is 40.7 Å². The minimum atomic E-state index is -0.207. The molecule has 0 fully saturated rings. The van der Waals surface area contributed by atoms with Crippen LogP contribution in [0, 0.1) is 5.82 Å². The number of pyridine rings is 1. The Morgan fingerprint density at radius 2 is 2.05 bits per heavy atom. The Hall–Kier alpha value is -1.26. The van der Waals surface area contributed by atoms with Crippen LogP contribution in [0.25, 0.3) is 0 Å². The Morgan fingerprint density at radius 1 is 1.25 bits per heavy atom. The summed E-state index contributed by atoms with van der Waals surface area (Å²) in [6, 6.07) is 11.1. The second kappa shape index (κ2) is 6.95. The van der Waals surface area contributed by atoms with Crippen molar-refractivity contribution in [3.8, 4) is 0 Å². The third-order valence-corrected chi connectivity index (χ3v) is 4.01. The third kappa shape index (κ3) is 3.25. The van der Waals surface area contributed by atoms with Gasteiger partial charge < -0.3 is 5.32 Å². The molecule has 2 aromatic rings. The van der Waals surface area contributed by atoms with E-state index in [2.05, 4.69) is 33.2 Å². The molecule has 0 saturated heterocycles. The number of rotatable bonds is 5. The summed E-state index contributed by atoms with van der Waals surface area (Å²) >= 11 is 3.25. The normalized spacial score (nSPS) is 14.0. The van der Waals surface area contributed by atoms with Gasteiger partial charge in [-0.25, -0.2) is 4.39 Å².